The number of imide groups is 2. The van der Waals surface area contributed by atoms with Crippen molar-refractivity contribution in [2.45, 2.75) is 13.0 Å². The molecule has 0 atom stereocenters. The molecular formula is C33H28N2O6. The number of carbonyl (C=O) groups is 3. The predicted octanol–water partition coefficient (Wildman–Crippen LogP) is 5.83. The van der Waals surface area contributed by atoms with Gasteiger partial charge in [-0.1, -0.05) is 48.5 Å². The summed E-state index contributed by atoms with van der Waals surface area (Å²) >= 11 is 0. The normalized spacial score (nSPS) is 14.2. The lowest BCUT2D eigenvalue weighted by molar-refractivity contribution is -0.122. The summed E-state index contributed by atoms with van der Waals surface area (Å²) in [4.78, 5) is 39.6. The predicted molar refractivity (Wildman–Crippen MR) is 157 cm³/mol. The van der Waals surface area contributed by atoms with Crippen molar-refractivity contribution in [2.75, 3.05) is 19.1 Å². The summed E-state index contributed by atoms with van der Waals surface area (Å²) in [6.45, 7) is 4.17. The van der Waals surface area contributed by atoms with Crippen LogP contribution in [0.1, 0.15) is 16.7 Å². The summed E-state index contributed by atoms with van der Waals surface area (Å²) in [6, 6.07) is 23.2. The van der Waals surface area contributed by atoms with Crippen LogP contribution in [0.4, 0.5) is 10.5 Å². The summed E-state index contributed by atoms with van der Waals surface area (Å²) in [5.41, 5.74) is 2.41. The molecule has 4 amide bonds. The number of carbonyl (C=O) groups excluding carboxylic acids is 3. The number of rotatable bonds is 9. The van der Waals surface area contributed by atoms with E-state index in [-0.39, 0.29) is 5.57 Å². The van der Waals surface area contributed by atoms with Gasteiger partial charge in [0.1, 0.15) is 17.9 Å². The van der Waals surface area contributed by atoms with Crippen molar-refractivity contribution in [3.8, 4) is 17.2 Å². The van der Waals surface area contributed by atoms with E-state index in [0.29, 0.717) is 41.5 Å². The van der Waals surface area contributed by atoms with Crippen LogP contribution in [-0.4, -0.2) is 32.1 Å². The van der Waals surface area contributed by atoms with Gasteiger partial charge in [-0.05, 0) is 70.8 Å². The molecule has 5 rings (SSSR count). The maximum atomic E-state index is 13.4. The number of barbiturate groups is 1. The lowest BCUT2D eigenvalue weighted by Gasteiger charge is -2.26. The number of hydrogen-bond acceptors (Lipinski definition) is 6. The Hall–Kier alpha value is -5.37. The standard InChI is InChI=1S/C33H28N2O6/c1-4-8-23-17-21(18-28-31(36)34-33(38)35(32(28)37)25-13-15-26(39-2)16-14-25)19-29(40-3)30(23)41-20-24-11-7-10-22-9-5-6-12-27(22)24/h4-7,9-19H,1,8,20H2,2-3H3,(H,34,36,38)/b28-18+. The van der Waals surface area contributed by atoms with Crippen molar-refractivity contribution in [3.05, 3.63) is 114 Å². The number of methoxy groups -OCH3 is 2. The average Bonchev–Trinajstić information content (AvgIpc) is 2.99. The summed E-state index contributed by atoms with van der Waals surface area (Å²) in [6.07, 6.45) is 3.62. The molecule has 206 valence electrons. The molecule has 4 aromatic carbocycles. The number of fused-ring (bicyclic) bond motifs is 1. The molecule has 1 saturated heterocycles. The molecule has 8 heteroatoms. The van der Waals surface area contributed by atoms with Gasteiger partial charge in [-0.15, -0.1) is 6.58 Å². The first-order valence-electron chi connectivity index (χ1n) is 12.9. The lowest BCUT2D eigenvalue weighted by atomic mass is 10.0. The molecule has 0 bridgehead atoms. The third kappa shape index (κ3) is 5.53. The molecule has 0 unspecified atom stereocenters. The Morgan fingerprint density at radius 1 is 0.878 bits per heavy atom. The van der Waals surface area contributed by atoms with Gasteiger partial charge in [0.15, 0.2) is 11.5 Å². The molecule has 1 N–H and O–H groups in total. The molecule has 4 aromatic rings. The zero-order valence-corrected chi connectivity index (χ0v) is 22.7. The van der Waals surface area contributed by atoms with Gasteiger partial charge < -0.3 is 14.2 Å². The van der Waals surface area contributed by atoms with E-state index < -0.39 is 17.8 Å². The molecule has 1 aliphatic heterocycles. The van der Waals surface area contributed by atoms with Crippen molar-refractivity contribution in [1.29, 1.82) is 0 Å². The van der Waals surface area contributed by atoms with Gasteiger partial charge in [-0.3, -0.25) is 14.9 Å². The number of amides is 4. The van der Waals surface area contributed by atoms with Gasteiger partial charge in [0.25, 0.3) is 11.8 Å². The van der Waals surface area contributed by atoms with Crippen molar-refractivity contribution in [3.63, 3.8) is 0 Å². The van der Waals surface area contributed by atoms with Crippen LogP contribution in [0.15, 0.2) is 97.1 Å². The minimum Gasteiger partial charge on any atom is -0.497 e. The Bertz CT molecular complexity index is 1690. The molecule has 0 aromatic heterocycles. The highest BCUT2D eigenvalue weighted by Crippen LogP contribution is 2.36. The van der Waals surface area contributed by atoms with E-state index in [2.05, 4.69) is 30.1 Å². The van der Waals surface area contributed by atoms with Crippen molar-refractivity contribution in [1.82, 2.24) is 5.32 Å². The molecular weight excluding hydrogens is 520 g/mol. The number of benzene rings is 4. The second-order valence-corrected chi connectivity index (χ2v) is 9.29. The molecule has 0 spiro atoms. The highest BCUT2D eigenvalue weighted by molar-refractivity contribution is 6.39. The van der Waals surface area contributed by atoms with Gasteiger partial charge in [-0.2, -0.15) is 0 Å². The Balaban J connectivity index is 1.48. The summed E-state index contributed by atoms with van der Waals surface area (Å²) in [5.74, 6) is 0.00455. The van der Waals surface area contributed by atoms with E-state index in [1.54, 1.807) is 36.4 Å². The second kappa shape index (κ2) is 11.8. The maximum Gasteiger partial charge on any atom is 0.335 e. The van der Waals surface area contributed by atoms with Crippen LogP contribution in [0.25, 0.3) is 16.8 Å². The van der Waals surface area contributed by atoms with Crippen molar-refractivity contribution in [2.24, 2.45) is 0 Å². The summed E-state index contributed by atoms with van der Waals surface area (Å²) in [7, 11) is 3.04. The Morgan fingerprint density at radius 2 is 1.63 bits per heavy atom. The maximum absolute atomic E-state index is 13.4. The number of anilines is 1. The zero-order chi connectivity index (χ0) is 28.9. The van der Waals surface area contributed by atoms with Crippen LogP contribution < -0.4 is 24.4 Å². The van der Waals surface area contributed by atoms with Crippen LogP contribution in [0, 0.1) is 0 Å². The SMILES string of the molecule is C=CCc1cc(/C=C2\C(=O)NC(=O)N(c3ccc(OC)cc3)C2=O)cc(OC)c1OCc1cccc2ccccc12. The molecule has 0 radical (unpaired) electrons. The number of nitrogens with zero attached hydrogens (tertiary/aromatic N) is 1. The number of nitrogens with one attached hydrogen (secondary N) is 1. The van der Waals surface area contributed by atoms with Crippen LogP contribution in [0.5, 0.6) is 17.2 Å². The number of allylic oxidation sites excluding steroid dienone is 1. The lowest BCUT2D eigenvalue weighted by Crippen LogP contribution is -2.54. The van der Waals surface area contributed by atoms with Crippen LogP contribution in [0.3, 0.4) is 0 Å². The largest absolute Gasteiger partial charge is 0.497 e. The minimum absolute atomic E-state index is 0.198. The third-order valence-corrected chi connectivity index (χ3v) is 6.73. The van der Waals surface area contributed by atoms with Gasteiger partial charge in [0.2, 0.25) is 0 Å². The smallest absolute Gasteiger partial charge is 0.335 e. The number of urea groups is 1. The fraction of sp³-hybridized carbons (Fsp3) is 0.121. The molecule has 8 nitrogen and oxygen atoms in total. The van der Waals surface area contributed by atoms with E-state index >= 15 is 0 Å². The van der Waals surface area contributed by atoms with E-state index in [1.165, 1.54) is 20.3 Å². The van der Waals surface area contributed by atoms with Crippen molar-refractivity contribution >= 4 is 40.4 Å². The van der Waals surface area contributed by atoms with Crippen LogP contribution >= 0.6 is 0 Å². The second-order valence-electron chi connectivity index (χ2n) is 9.29. The fourth-order valence-corrected chi connectivity index (χ4v) is 4.75. The van der Waals surface area contributed by atoms with Crippen LogP contribution in [0.2, 0.25) is 0 Å². The van der Waals surface area contributed by atoms with E-state index in [4.69, 9.17) is 14.2 Å². The summed E-state index contributed by atoms with van der Waals surface area (Å²) < 4.78 is 17.1. The number of hydrogen-bond donors (Lipinski definition) is 1. The monoisotopic (exact) mass is 548 g/mol. The molecule has 1 fully saturated rings. The van der Waals surface area contributed by atoms with E-state index in [9.17, 15) is 14.4 Å². The van der Waals surface area contributed by atoms with Gasteiger partial charge in [-0.25, -0.2) is 9.69 Å². The zero-order valence-electron chi connectivity index (χ0n) is 22.7. The topological polar surface area (TPSA) is 94.2 Å². The Kier molecular flexibility index (Phi) is 7.83. The van der Waals surface area contributed by atoms with Gasteiger partial charge in [0.05, 0.1) is 19.9 Å². The highest BCUT2D eigenvalue weighted by atomic mass is 16.5. The van der Waals surface area contributed by atoms with Crippen LogP contribution in [-0.2, 0) is 22.6 Å². The van der Waals surface area contributed by atoms with E-state index in [1.807, 2.05) is 30.3 Å². The Morgan fingerprint density at radius 3 is 2.37 bits per heavy atom. The fourth-order valence-electron chi connectivity index (χ4n) is 4.75. The van der Waals surface area contributed by atoms with Crippen molar-refractivity contribution < 1.29 is 28.6 Å². The summed E-state index contributed by atoms with van der Waals surface area (Å²) in [5, 5.41) is 4.46. The van der Waals surface area contributed by atoms with E-state index in [0.717, 1.165) is 26.8 Å². The first-order valence-corrected chi connectivity index (χ1v) is 12.9. The quantitative estimate of drug-likeness (QED) is 0.161. The molecule has 41 heavy (non-hydrogen) atoms. The average molecular weight is 549 g/mol. The van der Waals surface area contributed by atoms with Gasteiger partial charge in [0, 0.05) is 5.56 Å². The first-order chi connectivity index (χ1) is 19.9. The first kappa shape index (κ1) is 27.2. The molecule has 1 heterocycles. The molecule has 0 aliphatic carbocycles. The van der Waals surface area contributed by atoms with Gasteiger partial charge >= 0.3 is 6.03 Å². The molecule has 0 saturated carbocycles. The Labute approximate surface area is 237 Å². The minimum atomic E-state index is -0.829. The molecule has 1 aliphatic rings. The highest BCUT2D eigenvalue weighted by Gasteiger charge is 2.37. The third-order valence-electron chi connectivity index (χ3n) is 6.73. The number of ether oxygens (including phenoxy) is 3.